The Labute approximate surface area is 134 Å². The molecule has 3 aromatic rings. The van der Waals surface area contributed by atoms with Gasteiger partial charge < -0.3 is 4.90 Å². The van der Waals surface area contributed by atoms with Gasteiger partial charge in [0.1, 0.15) is 11.6 Å². The predicted octanol–water partition coefficient (Wildman–Crippen LogP) is 1.87. The zero-order valence-corrected chi connectivity index (χ0v) is 12.8. The van der Waals surface area contributed by atoms with Crippen LogP contribution in [-0.2, 0) is 6.18 Å². The molecule has 0 aliphatic heterocycles. The molecule has 0 aliphatic carbocycles. The third-order valence-electron chi connectivity index (χ3n) is 3.11. The zero-order valence-electron chi connectivity index (χ0n) is 12.8. The number of rotatable bonds is 3. The van der Waals surface area contributed by atoms with Gasteiger partial charge in [-0.25, -0.2) is 4.99 Å². The van der Waals surface area contributed by atoms with Gasteiger partial charge in [-0.1, -0.05) is 4.98 Å². The third-order valence-corrected chi connectivity index (χ3v) is 3.11. The minimum atomic E-state index is -4.43. The predicted molar refractivity (Wildman–Crippen MR) is 80.1 cm³/mol. The van der Waals surface area contributed by atoms with Crippen molar-refractivity contribution < 1.29 is 17.9 Å². The van der Waals surface area contributed by atoms with E-state index in [1.165, 1.54) is 17.1 Å². The van der Waals surface area contributed by atoms with Crippen LogP contribution >= 0.6 is 0 Å². The molecule has 0 aliphatic rings. The second kappa shape index (κ2) is 5.87. The molecule has 0 aromatic carbocycles. The number of aromatic amines is 1. The van der Waals surface area contributed by atoms with E-state index in [9.17, 15) is 13.2 Å². The fourth-order valence-corrected chi connectivity index (χ4v) is 2.01. The van der Waals surface area contributed by atoms with Crippen molar-refractivity contribution in [1.82, 2.24) is 25.0 Å². The molecular formula is C14H13F3N7+. The van der Waals surface area contributed by atoms with Crippen molar-refractivity contribution in [2.75, 3.05) is 14.1 Å². The Kier molecular flexibility index (Phi) is 3.87. The molecule has 10 heteroatoms. The van der Waals surface area contributed by atoms with Gasteiger partial charge in [0.2, 0.25) is 0 Å². The van der Waals surface area contributed by atoms with E-state index >= 15 is 0 Å². The summed E-state index contributed by atoms with van der Waals surface area (Å²) in [5, 5.41) is 3.52. The molecule has 0 fully saturated rings. The van der Waals surface area contributed by atoms with Gasteiger partial charge in [0.15, 0.2) is 12.1 Å². The normalized spacial score (nSPS) is 12.2. The highest BCUT2D eigenvalue weighted by Gasteiger charge is 2.32. The average molecular weight is 336 g/mol. The summed E-state index contributed by atoms with van der Waals surface area (Å²) >= 11 is 0. The van der Waals surface area contributed by atoms with Crippen molar-refractivity contribution in [1.29, 1.82) is 0 Å². The second-order valence-corrected chi connectivity index (χ2v) is 5.15. The van der Waals surface area contributed by atoms with Crippen LogP contribution in [0.15, 0.2) is 35.8 Å². The summed E-state index contributed by atoms with van der Waals surface area (Å²) in [6, 6.07) is 2.23. The van der Waals surface area contributed by atoms with Gasteiger partial charge in [-0.2, -0.15) is 18.2 Å². The summed E-state index contributed by atoms with van der Waals surface area (Å²) in [6.07, 6.45) is 0.900. The van der Waals surface area contributed by atoms with Gasteiger partial charge in [0.05, 0.1) is 11.9 Å². The first-order valence-corrected chi connectivity index (χ1v) is 6.84. The molecule has 3 aromatic heterocycles. The number of hydrogen-bond donors (Lipinski definition) is 1. The smallest absolute Gasteiger partial charge is 0.369 e. The van der Waals surface area contributed by atoms with Crippen LogP contribution in [0.25, 0.3) is 16.9 Å². The minimum absolute atomic E-state index is 0.277. The highest BCUT2D eigenvalue weighted by atomic mass is 19.4. The second-order valence-electron chi connectivity index (χ2n) is 5.15. The Bertz CT molecular complexity index is 882. The number of pyridine rings is 1. The molecule has 0 unspecified atom stereocenters. The molecule has 3 heterocycles. The first-order valence-electron chi connectivity index (χ1n) is 6.84. The van der Waals surface area contributed by atoms with E-state index in [-0.39, 0.29) is 5.82 Å². The van der Waals surface area contributed by atoms with E-state index in [4.69, 9.17) is 0 Å². The summed E-state index contributed by atoms with van der Waals surface area (Å²) in [5.74, 6) is 0.717. The topological polar surface area (TPSA) is 73.9 Å². The number of fused-ring (bicyclic) bond motifs is 1. The summed E-state index contributed by atoms with van der Waals surface area (Å²) in [4.78, 5) is 18.1. The van der Waals surface area contributed by atoms with Crippen molar-refractivity contribution in [3.63, 3.8) is 0 Å². The Hall–Kier alpha value is -3.04. The summed E-state index contributed by atoms with van der Waals surface area (Å²) in [6.45, 7) is 0. The number of halogens is 3. The largest absolute Gasteiger partial charge is 0.419 e. The average Bonchev–Trinajstić information content (AvgIpc) is 2.96. The minimum Gasteiger partial charge on any atom is -0.369 e. The van der Waals surface area contributed by atoms with Gasteiger partial charge in [0.25, 0.3) is 11.5 Å². The maximum atomic E-state index is 12.6. The number of aliphatic imine (C=N–C) groups is 1. The van der Waals surface area contributed by atoms with Gasteiger partial charge in [-0.05, 0) is 6.07 Å². The number of nitrogens with one attached hydrogen (secondary N) is 1. The lowest BCUT2D eigenvalue weighted by molar-refractivity contribution is -0.635. The van der Waals surface area contributed by atoms with Crippen molar-refractivity contribution in [2.24, 2.45) is 4.99 Å². The maximum Gasteiger partial charge on any atom is 0.419 e. The quantitative estimate of drug-likeness (QED) is 0.450. The van der Waals surface area contributed by atoms with Crippen LogP contribution in [0.2, 0.25) is 0 Å². The third kappa shape index (κ3) is 3.03. The molecule has 0 atom stereocenters. The monoisotopic (exact) mass is 336 g/mol. The van der Waals surface area contributed by atoms with E-state index in [1.54, 1.807) is 17.4 Å². The van der Waals surface area contributed by atoms with Gasteiger partial charge in [-0.3, -0.25) is 5.10 Å². The Morgan fingerprint density at radius 2 is 2.00 bits per heavy atom. The number of aromatic nitrogens is 5. The van der Waals surface area contributed by atoms with Crippen LogP contribution in [0.1, 0.15) is 5.56 Å². The zero-order chi connectivity index (χ0) is 17.3. The lowest BCUT2D eigenvalue weighted by Crippen LogP contribution is -2.34. The van der Waals surface area contributed by atoms with E-state index in [1.807, 2.05) is 14.1 Å². The van der Waals surface area contributed by atoms with E-state index in [0.717, 1.165) is 12.3 Å². The van der Waals surface area contributed by atoms with E-state index < -0.39 is 11.7 Å². The SMILES string of the molecule is CN(C)C=Nc1ncnc2c1c[nH][n+]2-c1ccc(C(F)(F)F)cn1. The van der Waals surface area contributed by atoms with E-state index in [0.29, 0.717) is 16.9 Å². The summed E-state index contributed by atoms with van der Waals surface area (Å²) < 4.78 is 39.3. The fourth-order valence-electron chi connectivity index (χ4n) is 2.01. The lowest BCUT2D eigenvalue weighted by atomic mass is 10.3. The number of nitrogens with zero attached hydrogens (tertiary/aromatic N) is 6. The Morgan fingerprint density at radius 3 is 2.62 bits per heavy atom. The molecule has 0 radical (unpaired) electrons. The van der Waals surface area contributed by atoms with Crippen LogP contribution in [0.4, 0.5) is 19.0 Å². The van der Waals surface area contributed by atoms with Crippen LogP contribution in [0.5, 0.6) is 0 Å². The van der Waals surface area contributed by atoms with Crippen LogP contribution in [0, 0.1) is 0 Å². The molecule has 0 saturated heterocycles. The molecule has 0 spiro atoms. The molecular weight excluding hydrogens is 323 g/mol. The molecule has 0 saturated carbocycles. The summed E-state index contributed by atoms with van der Waals surface area (Å²) in [5.41, 5.74) is -0.350. The van der Waals surface area contributed by atoms with Crippen LogP contribution < -0.4 is 4.68 Å². The lowest BCUT2D eigenvalue weighted by Gasteiger charge is -2.03. The number of hydrogen-bond acceptors (Lipinski definition) is 4. The highest BCUT2D eigenvalue weighted by Crippen LogP contribution is 2.28. The number of alkyl halides is 3. The van der Waals surface area contributed by atoms with Crippen molar-refractivity contribution >= 4 is 23.2 Å². The van der Waals surface area contributed by atoms with Gasteiger partial charge >= 0.3 is 6.18 Å². The maximum absolute atomic E-state index is 12.6. The Balaban J connectivity index is 2.04. The van der Waals surface area contributed by atoms with Crippen molar-refractivity contribution in [3.8, 4) is 5.82 Å². The molecule has 124 valence electrons. The van der Waals surface area contributed by atoms with Crippen molar-refractivity contribution in [2.45, 2.75) is 6.18 Å². The number of H-pyrrole nitrogens is 1. The standard InChI is InChI=1S/C14H12F3N7/c1-23(2)8-21-12-10-6-22-24(13(10)20-7-19-12)11-4-3-9(5-18-11)14(15,16)17/h3-8H,1-2H3/p+1. The molecule has 3 rings (SSSR count). The molecule has 7 nitrogen and oxygen atoms in total. The van der Waals surface area contributed by atoms with Gasteiger partial charge in [0, 0.05) is 26.4 Å². The summed E-state index contributed by atoms with van der Waals surface area (Å²) in [7, 11) is 3.65. The molecule has 24 heavy (non-hydrogen) atoms. The highest BCUT2D eigenvalue weighted by molar-refractivity contribution is 5.83. The van der Waals surface area contributed by atoms with Crippen molar-refractivity contribution in [3.05, 3.63) is 36.4 Å². The molecule has 0 bridgehead atoms. The molecule has 1 N–H and O–H groups in total. The first-order chi connectivity index (χ1) is 11.4. The van der Waals surface area contributed by atoms with E-state index in [2.05, 4.69) is 25.0 Å². The van der Waals surface area contributed by atoms with Gasteiger partial charge in [-0.15, -0.1) is 9.67 Å². The fraction of sp³-hybridized carbons (Fsp3) is 0.214. The van der Waals surface area contributed by atoms with Crippen LogP contribution in [-0.4, -0.2) is 45.4 Å². The van der Waals surface area contributed by atoms with Crippen LogP contribution in [0.3, 0.4) is 0 Å². The Morgan fingerprint density at radius 1 is 1.21 bits per heavy atom. The molecule has 0 amide bonds. The first kappa shape index (κ1) is 15.8.